The molecule has 0 atom stereocenters. The van der Waals surface area contributed by atoms with E-state index in [2.05, 4.69) is 15.9 Å². The second kappa shape index (κ2) is 9.16. The number of methoxy groups -OCH3 is 2. The summed E-state index contributed by atoms with van der Waals surface area (Å²) in [6, 6.07) is 9.62. The van der Waals surface area contributed by atoms with Gasteiger partial charge in [-0.15, -0.1) is 0 Å². The second-order valence-corrected chi connectivity index (χ2v) is 8.30. The van der Waals surface area contributed by atoms with Crippen molar-refractivity contribution in [3.63, 3.8) is 0 Å². The quantitative estimate of drug-likeness (QED) is 0.645. The number of halogens is 1. The van der Waals surface area contributed by atoms with Crippen molar-refractivity contribution in [1.29, 1.82) is 0 Å². The van der Waals surface area contributed by atoms with Crippen LogP contribution in [0.5, 0.6) is 5.75 Å². The monoisotopic (exact) mass is 454 g/mol. The highest BCUT2D eigenvalue weighted by Gasteiger charge is 2.26. The number of hydrogen-bond donors (Lipinski definition) is 1. The van der Waals surface area contributed by atoms with E-state index in [0.29, 0.717) is 10.0 Å². The van der Waals surface area contributed by atoms with Crippen LogP contribution in [0.1, 0.15) is 21.5 Å². The lowest BCUT2D eigenvalue weighted by molar-refractivity contribution is 0.0596. The maximum absolute atomic E-state index is 13.0. The Morgan fingerprint density at radius 1 is 1.19 bits per heavy atom. The molecule has 8 heteroatoms. The van der Waals surface area contributed by atoms with Crippen LogP contribution in [0.3, 0.4) is 0 Å². The van der Waals surface area contributed by atoms with Crippen LogP contribution in [-0.2, 0) is 20.3 Å². The standard InChI is InChI=1S/C19H19BrO6S/c1-25-18-15(20)10-9-14(17(18)19(22)26-2)12-27(23,24)16-8-4-3-6-13(16)7-5-11-21/h3-10,21H,11-12H2,1-2H3/b7-5-. The number of ether oxygens (including phenoxy) is 2. The largest absolute Gasteiger partial charge is 0.495 e. The van der Waals surface area contributed by atoms with E-state index in [-0.39, 0.29) is 28.4 Å². The molecule has 0 spiro atoms. The molecule has 2 aromatic rings. The Labute approximate surface area is 166 Å². The van der Waals surface area contributed by atoms with E-state index in [1.165, 1.54) is 32.4 Å². The zero-order valence-electron chi connectivity index (χ0n) is 14.8. The molecular formula is C19H19BrO6S. The van der Waals surface area contributed by atoms with Gasteiger partial charge < -0.3 is 14.6 Å². The minimum absolute atomic E-state index is 0.0568. The molecule has 0 saturated heterocycles. The zero-order chi connectivity index (χ0) is 20.0. The molecule has 0 bridgehead atoms. The van der Waals surface area contributed by atoms with Crippen molar-refractivity contribution in [1.82, 2.24) is 0 Å². The molecule has 0 saturated carbocycles. The molecule has 27 heavy (non-hydrogen) atoms. The smallest absolute Gasteiger partial charge is 0.342 e. The summed E-state index contributed by atoms with van der Waals surface area (Å²) in [6.07, 6.45) is 2.99. The van der Waals surface area contributed by atoms with E-state index in [0.717, 1.165) is 0 Å². The number of aliphatic hydroxyl groups is 1. The first-order valence-electron chi connectivity index (χ1n) is 7.88. The van der Waals surface area contributed by atoms with E-state index in [1.807, 2.05) is 0 Å². The van der Waals surface area contributed by atoms with Crippen molar-refractivity contribution < 1.29 is 27.8 Å². The predicted molar refractivity (Wildman–Crippen MR) is 105 cm³/mol. The third kappa shape index (κ3) is 4.77. The third-order valence-electron chi connectivity index (χ3n) is 3.79. The van der Waals surface area contributed by atoms with Crippen LogP contribution in [0.4, 0.5) is 0 Å². The van der Waals surface area contributed by atoms with Crippen LogP contribution >= 0.6 is 15.9 Å². The van der Waals surface area contributed by atoms with Crippen LogP contribution < -0.4 is 4.74 Å². The Hall–Kier alpha value is -2.16. The van der Waals surface area contributed by atoms with Crippen LogP contribution in [0.15, 0.2) is 51.8 Å². The SMILES string of the molecule is COC(=O)c1c(CS(=O)(=O)c2ccccc2/C=C\CO)ccc(Br)c1OC. The van der Waals surface area contributed by atoms with E-state index in [9.17, 15) is 13.2 Å². The first-order chi connectivity index (χ1) is 12.9. The van der Waals surface area contributed by atoms with Crippen molar-refractivity contribution in [2.45, 2.75) is 10.6 Å². The number of carbonyl (C=O) groups is 1. The lowest BCUT2D eigenvalue weighted by Gasteiger charge is -2.15. The summed E-state index contributed by atoms with van der Waals surface area (Å²) < 4.78 is 36.6. The zero-order valence-corrected chi connectivity index (χ0v) is 17.2. The number of rotatable bonds is 7. The summed E-state index contributed by atoms with van der Waals surface area (Å²) in [7, 11) is -1.18. The van der Waals surface area contributed by atoms with Gasteiger partial charge in [0.2, 0.25) is 0 Å². The number of hydrogen-bond acceptors (Lipinski definition) is 6. The fourth-order valence-corrected chi connectivity index (χ4v) is 4.69. The third-order valence-corrected chi connectivity index (χ3v) is 6.15. The topological polar surface area (TPSA) is 89.9 Å². The molecule has 144 valence electrons. The Morgan fingerprint density at radius 2 is 1.89 bits per heavy atom. The summed E-state index contributed by atoms with van der Waals surface area (Å²) in [5.74, 6) is -0.889. The summed E-state index contributed by atoms with van der Waals surface area (Å²) in [5.41, 5.74) is 0.777. The Kier molecular flexibility index (Phi) is 7.18. The first-order valence-corrected chi connectivity index (χ1v) is 10.3. The van der Waals surface area contributed by atoms with E-state index >= 15 is 0 Å². The molecule has 0 aliphatic heterocycles. The molecule has 0 amide bonds. The highest BCUT2D eigenvalue weighted by Crippen LogP contribution is 2.34. The molecule has 0 unspecified atom stereocenters. The van der Waals surface area contributed by atoms with Crippen molar-refractivity contribution >= 4 is 37.8 Å². The van der Waals surface area contributed by atoms with Gasteiger partial charge >= 0.3 is 5.97 Å². The second-order valence-electron chi connectivity index (χ2n) is 5.49. The van der Waals surface area contributed by atoms with Gasteiger partial charge in [-0.05, 0) is 39.2 Å². The predicted octanol–water partition coefficient (Wildman–Crippen LogP) is 3.22. The van der Waals surface area contributed by atoms with Gasteiger partial charge in [0.1, 0.15) is 11.3 Å². The normalized spacial score (nSPS) is 11.6. The molecule has 1 N–H and O–H groups in total. The Balaban J connectivity index is 2.57. The molecule has 0 aliphatic carbocycles. The van der Waals surface area contributed by atoms with E-state index < -0.39 is 21.6 Å². The van der Waals surface area contributed by atoms with Gasteiger partial charge in [-0.2, -0.15) is 0 Å². The molecule has 0 fully saturated rings. The average Bonchev–Trinajstić information content (AvgIpc) is 2.66. The molecule has 0 radical (unpaired) electrons. The van der Waals surface area contributed by atoms with Crippen molar-refractivity contribution in [3.05, 3.63) is 63.6 Å². The number of sulfone groups is 1. The van der Waals surface area contributed by atoms with Crippen LogP contribution in [0, 0.1) is 0 Å². The van der Waals surface area contributed by atoms with Crippen LogP contribution in [0.2, 0.25) is 0 Å². The lowest BCUT2D eigenvalue weighted by Crippen LogP contribution is -2.13. The highest BCUT2D eigenvalue weighted by atomic mass is 79.9. The van der Waals surface area contributed by atoms with Gasteiger partial charge in [0.25, 0.3) is 0 Å². The lowest BCUT2D eigenvalue weighted by atomic mass is 10.1. The molecule has 6 nitrogen and oxygen atoms in total. The Bertz CT molecular complexity index is 966. The summed E-state index contributed by atoms with van der Waals surface area (Å²) in [6.45, 7) is -0.204. The molecule has 0 aliphatic rings. The molecular weight excluding hydrogens is 436 g/mol. The van der Waals surface area contributed by atoms with Gasteiger partial charge in [0.15, 0.2) is 9.84 Å². The average molecular weight is 455 g/mol. The van der Waals surface area contributed by atoms with Crippen LogP contribution in [0.25, 0.3) is 6.08 Å². The Morgan fingerprint density at radius 3 is 2.52 bits per heavy atom. The minimum Gasteiger partial charge on any atom is -0.495 e. The summed E-state index contributed by atoms with van der Waals surface area (Å²) in [4.78, 5) is 12.3. The number of benzene rings is 2. The van der Waals surface area contributed by atoms with Crippen LogP contribution in [-0.4, -0.2) is 40.3 Å². The molecule has 0 heterocycles. The van der Waals surface area contributed by atoms with Gasteiger partial charge in [-0.1, -0.05) is 36.4 Å². The minimum atomic E-state index is -3.79. The number of carbonyl (C=O) groups excluding carboxylic acids is 1. The fourth-order valence-electron chi connectivity index (χ4n) is 2.61. The summed E-state index contributed by atoms with van der Waals surface area (Å²) in [5, 5.41) is 8.96. The highest BCUT2D eigenvalue weighted by molar-refractivity contribution is 9.10. The maximum Gasteiger partial charge on any atom is 0.342 e. The maximum atomic E-state index is 13.0. The van der Waals surface area contributed by atoms with Crippen molar-refractivity contribution in [2.24, 2.45) is 0 Å². The van der Waals surface area contributed by atoms with Gasteiger partial charge in [0.05, 0.1) is 35.9 Å². The molecule has 2 aromatic carbocycles. The van der Waals surface area contributed by atoms with Crippen molar-refractivity contribution in [2.75, 3.05) is 20.8 Å². The van der Waals surface area contributed by atoms with Crippen molar-refractivity contribution in [3.8, 4) is 5.75 Å². The molecule has 2 rings (SSSR count). The van der Waals surface area contributed by atoms with Gasteiger partial charge in [0, 0.05) is 0 Å². The first kappa shape index (κ1) is 21.1. The number of aliphatic hydroxyl groups excluding tert-OH is 1. The number of esters is 1. The summed E-state index contributed by atoms with van der Waals surface area (Å²) >= 11 is 3.29. The molecule has 0 aromatic heterocycles. The van der Waals surface area contributed by atoms with Gasteiger partial charge in [-0.3, -0.25) is 0 Å². The fraction of sp³-hybridized carbons (Fsp3) is 0.211. The van der Waals surface area contributed by atoms with E-state index in [1.54, 1.807) is 30.3 Å². The van der Waals surface area contributed by atoms with Gasteiger partial charge in [-0.25, -0.2) is 13.2 Å². The van der Waals surface area contributed by atoms with E-state index in [4.69, 9.17) is 14.6 Å².